The molecule has 1 aromatic carbocycles. The van der Waals surface area contributed by atoms with E-state index in [1.807, 2.05) is 0 Å². The summed E-state index contributed by atoms with van der Waals surface area (Å²) in [6.45, 7) is -0.682. The van der Waals surface area contributed by atoms with Gasteiger partial charge in [-0.2, -0.15) is 0 Å². The Kier molecular flexibility index (Phi) is 1.73. The molecule has 0 aliphatic rings. The number of hydrogen-bond acceptors (Lipinski definition) is 3. The van der Waals surface area contributed by atoms with Gasteiger partial charge >= 0.3 is 0 Å². The minimum Gasteiger partial charge on any atom is -0.391 e. The fraction of sp³-hybridized carbons (Fsp3) is 0.125. The predicted molar refractivity (Wildman–Crippen MR) is 39.8 cm³/mol. The van der Waals surface area contributed by atoms with Gasteiger partial charge < -0.3 is 9.63 Å². The molecule has 0 bridgehead atoms. The van der Waals surface area contributed by atoms with E-state index in [2.05, 4.69) is 9.68 Å². The number of aromatic nitrogens is 1. The Morgan fingerprint density at radius 1 is 1.46 bits per heavy atom. The molecule has 1 aromatic heterocycles. The summed E-state index contributed by atoms with van der Waals surface area (Å²) < 4.78 is 30.8. The predicted octanol–water partition coefficient (Wildman–Crippen LogP) is 1.60. The molecule has 0 saturated heterocycles. The standard InChI is InChI=1S/C8H5F2NO2/c9-6-1-7-4(2-11-13-7)8(10)5(6)3-12/h1-2,12H,3H2. The zero-order valence-electron chi connectivity index (χ0n) is 6.42. The van der Waals surface area contributed by atoms with Gasteiger partial charge in [0.25, 0.3) is 0 Å². The molecule has 0 atom stereocenters. The Morgan fingerprint density at radius 2 is 2.23 bits per heavy atom. The lowest BCUT2D eigenvalue weighted by molar-refractivity contribution is 0.269. The molecule has 1 heterocycles. The normalized spacial score (nSPS) is 11.0. The highest BCUT2D eigenvalue weighted by Crippen LogP contribution is 2.23. The van der Waals surface area contributed by atoms with E-state index >= 15 is 0 Å². The summed E-state index contributed by atoms with van der Waals surface area (Å²) in [5.41, 5.74) is -0.331. The van der Waals surface area contributed by atoms with Crippen molar-refractivity contribution in [1.82, 2.24) is 5.16 Å². The maximum atomic E-state index is 13.3. The van der Waals surface area contributed by atoms with Crippen molar-refractivity contribution in [3.8, 4) is 0 Å². The molecule has 0 spiro atoms. The van der Waals surface area contributed by atoms with Gasteiger partial charge in [0.1, 0.15) is 11.6 Å². The third kappa shape index (κ3) is 1.08. The van der Waals surface area contributed by atoms with Gasteiger partial charge in [0.2, 0.25) is 0 Å². The quantitative estimate of drug-likeness (QED) is 0.733. The number of aliphatic hydroxyl groups is 1. The topological polar surface area (TPSA) is 46.3 Å². The van der Waals surface area contributed by atoms with Crippen LogP contribution in [0.5, 0.6) is 0 Å². The average Bonchev–Trinajstić information content (AvgIpc) is 2.53. The first-order chi connectivity index (χ1) is 6.24. The van der Waals surface area contributed by atoms with Gasteiger partial charge in [0, 0.05) is 11.6 Å². The summed E-state index contributed by atoms with van der Waals surface area (Å²) in [6, 6.07) is 0.997. The molecule has 13 heavy (non-hydrogen) atoms. The van der Waals surface area contributed by atoms with Crippen LogP contribution in [-0.2, 0) is 6.61 Å². The van der Waals surface area contributed by atoms with Gasteiger partial charge in [-0.1, -0.05) is 5.16 Å². The van der Waals surface area contributed by atoms with Crippen LogP contribution in [0.15, 0.2) is 16.8 Å². The van der Waals surface area contributed by atoms with Crippen LogP contribution in [0.1, 0.15) is 5.56 Å². The lowest BCUT2D eigenvalue weighted by atomic mass is 10.1. The Hall–Kier alpha value is -1.49. The number of halogens is 2. The van der Waals surface area contributed by atoms with Crippen molar-refractivity contribution in [3.63, 3.8) is 0 Å². The van der Waals surface area contributed by atoms with Gasteiger partial charge in [0.05, 0.1) is 18.2 Å². The first-order valence-electron chi connectivity index (χ1n) is 3.56. The molecule has 2 rings (SSSR count). The van der Waals surface area contributed by atoms with E-state index < -0.39 is 18.2 Å². The largest absolute Gasteiger partial charge is 0.391 e. The van der Waals surface area contributed by atoms with Gasteiger partial charge in [-0.15, -0.1) is 0 Å². The second-order valence-electron chi connectivity index (χ2n) is 2.55. The fourth-order valence-electron chi connectivity index (χ4n) is 1.13. The molecule has 1 N–H and O–H groups in total. The highest BCUT2D eigenvalue weighted by atomic mass is 19.1. The maximum absolute atomic E-state index is 13.3. The fourth-order valence-corrected chi connectivity index (χ4v) is 1.13. The van der Waals surface area contributed by atoms with E-state index in [4.69, 9.17) is 5.11 Å². The van der Waals surface area contributed by atoms with E-state index in [1.54, 1.807) is 0 Å². The van der Waals surface area contributed by atoms with E-state index in [0.717, 1.165) is 12.3 Å². The summed E-state index contributed by atoms with van der Waals surface area (Å²) >= 11 is 0. The minimum atomic E-state index is -0.829. The Balaban J connectivity index is 2.85. The lowest BCUT2D eigenvalue weighted by Crippen LogP contribution is -1.95. The van der Waals surface area contributed by atoms with Crippen molar-refractivity contribution in [2.75, 3.05) is 0 Å². The van der Waals surface area contributed by atoms with Gasteiger partial charge in [0.15, 0.2) is 5.58 Å². The summed E-state index contributed by atoms with van der Waals surface area (Å²) in [5, 5.41) is 12.1. The first-order valence-corrected chi connectivity index (χ1v) is 3.56. The molecule has 0 unspecified atom stereocenters. The zero-order chi connectivity index (χ0) is 9.42. The van der Waals surface area contributed by atoms with Crippen LogP contribution in [0.3, 0.4) is 0 Å². The van der Waals surface area contributed by atoms with Crippen molar-refractivity contribution in [2.45, 2.75) is 6.61 Å². The van der Waals surface area contributed by atoms with Crippen LogP contribution < -0.4 is 0 Å². The van der Waals surface area contributed by atoms with Crippen molar-refractivity contribution in [1.29, 1.82) is 0 Å². The van der Waals surface area contributed by atoms with Gasteiger partial charge in [-0.3, -0.25) is 0 Å². The van der Waals surface area contributed by atoms with Gasteiger partial charge in [-0.25, -0.2) is 8.78 Å². The Morgan fingerprint density at radius 3 is 2.92 bits per heavy atom. The number of rotatable bonds is 1. The minimum absolute atomic E-state index is 0.0344. The molecule has 0 saturated carbocycles. The number of benzene rings is 1. The maximum Gasteiger partial charge on any atom is 0.172 e. The van der Waals surface area contributed by atoms with Crippen LogP contribution in [0.25, 0.3) is 11.0 Å². The van der Waals surface area contributed by atoms with Crippen molar-refractivity contribution >= 4 is 11.0 Å². The summed E-state index contributed by atoms with van der Waals surface area (Å²) in [5.74, 6) is -1.65. The van der Waals surface area contributed by atoms with Crippen LogP contribution in [0, 0.1) is 11.6 Å². The molecule has 68 valence electrons. The summed E-state index contributed by atoms with van der Waals surface area (Å²) in [4.78, 5) is 0. The highest BCUT2D eigenvalue weighted by molar-refractivity contribution is 5.77. The second kappa shape index (κ2) is 2.77. The molecule has 0 aliphatic carbocycles. The molecular weight excluding hydrogens is 180 g/mol. The third-order valence-corrected chi connectivity index (χ3v) is 1.80. The van der Waals surface area contributed by atoms with Crippen molar-refractivity contribution < 1.29 is 18.4 Å². The first kappa shape index (κ1) is 8.12. The second-order valence-corrected chi connectivity index (χ2v) is 2.55. The molecule has 3 nitrogen and oxygen atoms in total. The molecule has 2 aromatic rings. The molecule has 0 aliphatic heterocycles. The summed E-state index contributed by atoms with van der Waals surface area (Å²) in [6.07, 6.45) is 1.14. The summed E-state index contributed by atoms with van der Waals surface area (Å²) in [7, 11) is 0. The monoisotopic (exact) mass is 185 g/mol. The van der Waals surface area contributed by atoms with Crippen molar-refractivity contribution in [2.24, 2.45) is 0 Å². The van der Waals surface area contributed by atoms with E-state index in [9.17, 15) is 8.78 Å². The van der Waals surface area contributed by atoms with Gasteiger partial charge in [-0.05, 0) is 0 Å². The highest BCUT2D eigenvalue weighted by Gasteiger charge is 2.14. The van der Waals surface area contributed by atoms with E-state index in [1.165, 1.54) is 0 Å². The Bertz CT molecular complexity index is 453. The van der Waals surface area contributed by atoms with Crippen LogP contribution >= 0.6 is 0 Å². The SMILES string of the molecule is OCc1c(F)cc2oncc2c1F. The average molecular weight is 185 g/mol. The molecule has 0 radical (unpaired) electrons. The van der Waals surface area contributed by atoms with Crippen LogP contribution in [0.4, 0.5) is 8.78 Å². The van der Waals surface area contributed by atoms with Crippen LogP contribution in [-0.4, -0.2) is 10.3 Å². The van der Waals surface area contributed by atoms with E-state index in [0.29, 0.717) is 0 Å². The molecular formula is C8H5F2NO2. The number of aliphatic hydroxyl groups excluding tert-OH is 1. The number of hydrogen-bond donors (Lipinski definition) is 1. The lowest BCUT2D eigenvalue weighted by Gasteiger charge is -2.00. The van der Waals surface area contributed by atoms with Crippen LogP contribution in [0.2, 0.25) is 0 Å². The molecule has 5 heteroatoms. The third-order valence-electron chi connectivity index (χ3n) is 1.80. The Labute approximate surface area is 71.6 Å². The van der Waals surface area contributed by atoms with E-state index in [-0.39, 0.29) is 16.5 Å². The number of nitrogens with zero attached hydrogens (tertiary/aromatic N) is 1. The molecule has 0 amide bonds. The zero-order valence-corrected chi connectivity index (χ0v) is 6.42. The molecule has 0 fully saturated rings. The van der Waals surface area contributed by atoms with Crippen molar-refractivity contribution in [3.05, 3.63) is 29.5 Å². The number of fused-ring (bicyclic) bond motifs is 1. The smallest absolute Gasteiger partial charge is 0.172 e.